The third kappa shape index (κ3) is 1.16. The van der Waals surface area contributed by atoms with E-state index in [-0.39, 0.29) is 0 Å². The fourth-order valence-electron chi connectivity index (χ4n) is 1.02. The number of rotatable bonds is 1. The Morgan fingerprint density at radius 2 is 2.23 bits per heavy atom. The van der Waals surface area contributed by atoms with Crippen molar-refractivity contribution in [2.24, 2.45) is 7.05 Å². The number of hydrogen-bond acceptors (Lipinski definition) is 5. The van der Waals surface area contributed by atoms with Gasteiger partial charge in [-0.2, -0.15) is 5.10 Å². The van der Waals surface area contributed by atoms with E-state index in [1.807, 2.05) is 0 Å². The summed E-state index contributed by atoms with van der Waals surface area (Å²) in [7, 11) is 1.75. The van der Waals surface area contributed by atoms with Gasteiger partial charge >= 0.3 is 0 Å². The third-order valence-corrected chi connectivity index (χ3v) is 1.74. The van der Waals surface area contributed by atoms with Gasteiger partial charge in [-0.3, -0.25) is 4.68 Å². The highest BCUT2D eigenvalue weighted by molar-refractivity contribution is 5.65. The van der Waals surface area contributed by atoms with Crippen molar-refractivity contribution < 1.29 is 4.42 Å². The molecule has 0 aliphatic rings. The summed E-state index contributed by atoms with van der Waals surface area (Å²) >= 11 is 0. The number of anilines is 1. The van der Waals surface area contributed by atoms with Gasteiger partial charge in [0.25, 0.3) is 5.89 Å². The smallest absolute Gasteiger partial charge is 0.253 e. The van der Waals surface area contributed by atoms with Crippen LogP contribution in [-0.4, -0.2) is 20.0 Å². The van der Waals surface area contributed by atoms with Crippen LogP contribution < -0.4 is 5.73 Å². The van der Waals surface area contributed by atoms with Crippen molar-refractivity contribution in [2.45, 2.75) is 6.92 Å². The zero-order valence-electron chi connectivity index (χ0n) is 7.35. The van der Waals surface area contributed by atoms with Crippen LogP contribution in [-0.2, 0) is 7.05 Å². The minimum absolute atomic E-state index is 0.406. The highest BCUT2D eigenvalue weighted by Gasteiger charge is 2.12. The maximum absolute atomic E-state index is 5.72. The maximum atomic E-state index is 5.72. The normalized spacial score (nSPS) is 10.6. The summed E-state index contributed by atoms with van der Waals surface area (Å²) in [5.74, 6) is 1.44. The van der Waals surface area contributed by atoms with E-state index >= 15 is 0 Å². The zero-order valence-corrected chi connectivity index (χ0v) is 7.35. The molecule has 2 aromatic heterocycles. The summed E-state index contributed by atoms with van der Waals surface area (Å²) in [5, 5.41) is 11.5. The molecular formula is C7H9N5O. The van der Waals surface area contributed by atoms with E-state index in [1.54, 1.807) is 24.9 Å². The minimum Gasteiger partial charge on any atom is -0.421 e. The molecule has 0 amide bonds. The Hall–Kier alpha value is -1.85. The average Bonchev–Trinajstić information content (AvgIpc) is 2.62. The molecule has 68 valence electrons. The Labute approximate surface area is 74.4 Å². The molecule has 0 fully saturated rings. The van der Waals surface area contributed by atoms with E-state index in [0.717, 1.165) is 0 Å². The molecule has 2 heterocycles. The van der Waals surface area contributed by atoms with Crippen LogP contribution in [0.15, 0.2) is 10.6 Å². The highest BCUT2D eigenvalue weighted by atomic mass is 16.4. The summed E-state index contributed by atoms with van der Waals surface area (Å²) in [4.78, 5) is 0. The molecule has 0 bridgehead atoms. The second kappa shape index (κ2) is 2.58. The second-order valence-electron chi connectivity index (χ2n) is 2.69. The Balaban J connectivity index is 2.52. The van der Waals surface area contributed by atoms with Gasteiger partial charge < -0.3 is 10.2 Å². The SMILES string of the molecule is Cc1nnc(-c2cnn(C)c2N)o1. The summed E-state index contributed by atoms with van der Waals surface area (Å²) in [6, 6.07) is 0. The molecule has 0 radical (unpaired) electrons. The van der Waals surface area contributed by atoms with Crippen molar-refractivity contribution >= 4 is 5.82 Å². The van der Waals surface area contributed by atoms with Crippen LogP contribution in [0.3, 0.4) is 0 Å². The Morgan fingerprint density at radius 1 is 1.46 bits per heavy atom. The molecule has 0 aromatic carbocycles. The molecule has 0 saturated heterocycles. The lowest BCUT2D eigenvalue weighted by Crippen LogP contribution is -1.98. The molecule has 13 heavy (non-hydrogen) atoms. The van der Waals surface area contributed by atoms with Crippen LogP contribution in [0.2, 0.25) is 0 Å². The molecule has 2 aromatic rings. The fraction of sp³-hybridized carbons (Fsp3) is 0.286. The molecule has 2 rings (SSSR count). The van der Waals surface area contributed by atoms with Gasteiger partial charge in [0, 0.05) is 14.0 Å². The Bertz CT molecular complexity index is 430. The molecule has 6 nitrogen and oxygen atoms in total. The van der Waals surface area contributed by atoms with Crippen LogP contribution in [0.5, 0.6) is 0 Å². The van der Waals surface area contributed by atoms with Gasteiger partial charge in [0.1, 0.15) is 11.4 Å². The van der Waals surface area contributed by atoms with Gasteiger partial charge in [0.15, 0.2) is 0 Å². The van der Waals surface area contributed by atoms with Gasteiger partial charge in [0.05, 0.1) is 6.20 Å². The highest BCUT2D eigenvalue weighted by Crippen LogP contribution is 2.22. The number of hydrogen-bond donors (Lipinski definition) is 1. The maximum Gasteiger partial charge on any atom is 0.253 e. The number of nitrogens with two attached hydrogens (primary N) is 1. The zero-order chi connectivity index (χ0) is 9.42. The lowest BCUT2D eigenvalue weighted by molar-refractivity contribution is 0.533. The summed E-state index contributed by atoms with van der Waals surface area (Å²) in [6.45, 7) is 1.73. The first-order chi connectivity index (χ1) is 6.18. The van der Waals surface area contributed by atoms with Crippen molar-refractivity contribution in [3.05, 3.63) is 12.1 Å². The summed E-state index contributed by atoms with van der Waals surface area (Å²) in [5.41, 5.74) is 6.39. The van der Waals surface area contributed by atoms with Crippen LogP contribution in [0.4, 0.5) is 5.82 Å². The molecule has 0 saturated carbocycles. The van der Waals surface area contributed by atoms with Crippen LogP contribution in [0.25, 0.3) is 11.5 Å². The Kier molecular flexibility index (Phi) is 1.54. The van der Waals surface area contributed by atoms with Crippen LogP contribution >= 0.6 is 0 Å². The average molecular weight is 179 g/mol. The van der Waals surface area contributed by atoms with Gasteiger partial charge in [-0.05, 0) is 0 Å². The first-order valence-electron chi connectivity index (χ1n) is 3.76. The van der Waals surface area contributed by atoms with E-state index in [2.05, 4.69) is 15.3 Å². The largest absolute Gasteiger partial charge is 0.421 e. The van der Waals surface area contributed by atoms with Gasteiger partial charge in [-0.25, -0.2) is 0 Å². The molecule has 0 spiro atoms. The summed E-state index contributed by atoms with van der Waals surface area (Å²) in [6.07, 6.45) is 1.60. The first-order valence-corrected chi connectivity index (χ1v) is 3.76. The van der Waals surface area contributed by atoms with Crippen molar-refractivity contribution in [1.29, 1.82) is 0 Å². The standard InChI is InChI=1S/C7H9N5O/c1-4-10-11-7(13-4)5-3-9-12(2)6(5)8/h3H,8H2,1-2H3. The lowest BCUT2D eigenvalue weighted by atomic mass is 10.3. The van der Waals surface area contributed by atoms with E-state index < -0.39 is 0 Å². The minimum atomic E-state index is 0.406. The van der Waals surface area contributed by atoms with Gasteiger partial charge in [-0.15, -0.1) is 10.2 Å². The molecule has 0 atom stereocenters. The number of aryl methyl sites for hydroxylation is 2. The molecule has 2 N–H and O–H groups in total. The van der Waals surface area contributed by atoms with Crippen LogP contribution in [0, 0.1) is 6.92 Å². The lowest BCUT2D eigenvalue weighted by Gasteiger charge is -1.93. The Morgan fingerprint density at radius 3 is 2.69 bits per heavy atom. The number of aromatic nitrogens is 4. The van der Waals surface area contributed by atoms with E-state index in [9.17, 15) is 0 Å². The molecule has 0 aliphatic carbocycles. The van der Waals surface area contributed by atoms with E-state index in [1.165, 1.54) is 0 Å². The predicted octanol–water partition coefficient (Wildman–Crippen LogP) is 0.361. The fourth-order valence-corrected chi connectivity index (χ4v) is 1.02. The second-order valence-corrected chi connectivity index (χ2v) is 2.69. The quantitative estimate of drug-likeness (QED) is 0.683. The van der Waals surface area contributed by atoms with E-state index in [4.69, 9.17) is 10.2 Å². The van der Waals surface area contributed by atoms with Gasteiger partial charge in [-0.1, -0.05) is 0 Å². The predicted molar refractivity (Wildman–Crippen MR) is 45.6 cm³/mol. The number of nitrogens with zero attached hydrogens (tertiary/aromatic N) is 4. The third-order valence-electron chi connectivity index (χ3n) is 1.74. The van der Waals surface area contributed by atoms with Crippen molar-refractivity contribution in [2.75, 3.05) is 5.73 Å². The van der Waals surface area contributed by atoms with Crippen molar-refractivity contribution in [3.63, 3.8) is 0 Å². The number of nitrogen functional groups attached to an aromatic ring is 1. The molecule has 0 unspecified atom stereocenters. The van der Waals surface area contributed by atoms with Gasteiger partial charge in [0.2, 0.25) is 5.89 Å². The van der Waals surface area contributed by atoms with E-state index in [0.29, 0.717) is 23.2 Å². The van der Waals surface area contributed by atoms with Crippen molar-refractivity contribution in [3.8, 4) is 11.5 Å². The molecular weight excluding hydrogens is 170 g/mol. The van der Waals surface area contributed by atoms with Crippen LogP contribution in [0.1, 0.15) is 5.89 Å². The monoisotopic (exact) mass is 179 g/mol. The first kappa shape index (κ1) is 7.78. The van der Waals surface area contributed by atoms with Crippen molar-refractivity contribution in [1.82, 2.24) is 20.0 Å². The summed E-state index contributed by atoms with van der Waals surface area (Å²) < 4.78 is 6.76. The topological polar surface area (TPSA) is 82.8 Å². The molecule has 0 aliphatic heterocycles. The molecule has 6 heteroatoms.